The van der Waals surface area contributed by atoms with Gasteiger partial charge in [0.15, 0.2) is 0 Å². The van der Waals surface area contributed by atoms with E-state index in [1.165, 1.54) is 22.9 Å². The lowest BCUT2D eigenvalue weighted by Gasteiger charge is -2.23. The molecule has 1 aliphatic heterocycles. The maximum absolute atomic E-state index is 12.1. The molecule has 3 aromatic rings. The molecule has 0 bridgehead atoms. The molecule has 8 heteroatoms. The van der Waals surface area contributed by atoms with Gasteiger partial charge in [-0.3, -0.25) is 24.4 Å². The molecule has 0 spiro atoms. The summed E-state index contributed by atoms with van der Waals surface area (Å²) in [6.45, 7) is 1.18. The van der Waals surface area contributed by atoms with Gasteiger partial charge in [-0.15, -0.1) is 11.3 Å². The van der Waals surface area contributed by atoms with Gasteiger partial charge in [-0.25, -0.2) is 4.98 Å². The van der Waals surface area contributed by atoms with E-state index in [9.17, 15) is 14.9 Å². The molecule has 128 valence electrons. The van der Waals surface area contributed by atoms with E-state index >= 15 is 0 Å². The van der Waals surface area contributed by atoms with Gasteiger partial charge in [0.1, 0.15) is 5.01 Å². The molecule has 1 saturated heterocycles. The zero-order chi connectivity index (χ0) is 17.4. The van der Waals surface area contributed by atoms with Crippen LogP contribution in [0.15, 0.2) is 47.4 Å². The fourth-order valence-corrected chi connectivity index (χ4v) is 4.38. The van der Waals surface area contributed by atoms with Crippen molar-refractivity contribution >= 4 is 27.2 Å². The maximum Gasteiger partial charge on any atom is 0.285 e. The van der Waals surface area contributed by atoms with E-state index in [1.807, 2.05) is 18.2 Å². The minimum Gasteiger partial charge on any atom is -0.295 e. The van der Waals surface area contributed by atoms with E-state index < -0.39 is 4.92 Å². The molecule has 0 N–H and O–H groups in total. The number of rotatable bonds is 4. The van der Waals surface area contributed by atoms with Crippen molar-refractivity contribution in [2.45, 2.75) is 25.6 Å². The number of para-hydroxylation sites is 1. The van der Waals surface area contributed by atoms with Crippen LogP contribution in [0.25, 0.3) is 10.2 Å². The van der Waals surface area contributed by atoms with Crippen LogP contribution < -0.4 is 5.56 Å². The smallest absolute Gasteiger partial charge is 0.285 e. The van der Waals surface area contributed by atoms with E-state index in [1.54, 1.807) is 11.3 Å². The Labute approximate surface area is 147 Å². The fourth-order valence-electron chi connectivity index (χ4n) is 3.24. The molecule has 25 heavy (non-hydrogen) atoms. The molecule has 7 nitrogen and oxygen atoms in total. The first-order valence-electron chi connectivity index (χ1n) is 8.06. The molecule has 2 aromatic heterocycles. The fraction of sp³-hybridized carbons (Fsp3) is 0.294. The average Bonchev–Trinajstić information content (AvgIpc) is 3.22. The number of likely N-dealkylation sites (tertiary alicyclic amines) is 1. The molecule has 0 aliphatic carbocycles. The summed E-state index contributed by atoms with van der Waals surface area (Å²) in [4.78, 5) is 29.4. The van der Waals surface area contributed by atoms with Crippen LogP contribution in [0.5, 0.6) is 0 Å². The predicted octanol–water partition coefficient (Wildman–Crippen LogP) is 3.16. The minimum atomic E-state index is -0.481. The topological polar surface area (TPSA) is 81.3 Å². The molecule has 0 amide bonds. The van der Waals surface area contributed by atoms with Crippen LogP contribution in [0.3, 0.4) is 0 Å². The third-order valence-electron chi connectivity index (χ3n) is 4.47. The lowest BCUT2D eigenvalue weighted by Crippen LogP contribution is -2.31. The first-order valence-corrected chi connectivity index (χ1v) is 8.88. The number of thiazole rings is 1. The molecule has 1 aliphatic rings. The van der Waals surface area contributed by atoms with Crippen molar-refractivity contribution in [3.05, 3.63) is 68.1 Å². The number of nitrogens with zero attached hydrogens (tertiary/aromatic N) is 4. The van der Waals surface area contributed by atoms with E-state index in [4.69, 9.17) is 4.98 Å². The van der Waals surface area contributed by atoms with Gasteiger partial charge in [0, 0.05) is 18.7 Å². The number of pyridine rings is 1. The van der Waals surface area contributed by atoms with Crippen LogP contribution in [0.4, 0.5) is 5.69 Å². The van der Waals surface area contributed by atoms with E-state index in [2.05, 4.69) is 11.0 Å². The number of hydrogen-bond donors (Lipinski definition) is 0. The number of nitro groups is 1. The highest BCUT2D eigenvalue weighted by Gasteiger charge is 2.29. The summed E-state index contributed by atoms with van der Waals surface area (Å²) in [6, 6.07) is 10.7. The summed E-state index contributed by atoms with van der Waals surface area (Å²) in [5, 5.41) is 12.0. The summed E-state index contributed by atoms with van der Waals surface area (Å²) in [7, 11) is 0. The molecular formula is C17H16N4O3S. The molecule has 1 aromatic carbocycles. The lowest BCUT2D eigenvalue weighted by atomic mass is 10.2. The summed E-state index contributed by atoms with van der Waals surface area (Å²) in [5.74, 6) is 0. The van der Waals surface area contributed by atoms with Gasteiger partial charge in [-0.05, 0) is 25.0 Å². The van der Waals surface area contributed by atoms with Crippen molar-refractivity contribution in [1.82, 2.24) is 14.5 Å². The van der Waals surface area contributed by atoms with Crippen LogP contribution in [0.1, 0.15) is 23.9 Å². The number of benzene rings is 1. The molecule has 0 unspecified atom stereocenters. The van der Waals surface area contributed by atoms with Crippen LogP contribution >= 0.6 is 11.3 Å². The quantitative estimate of drug-likeness (QED) is 0.530. The Hall–Kier alpha value is -2.58. The van der Waals surface area contributed by atoms with Gasteiger partial charge in [0.2, 0.25) is 0 Å². The Kier molecular flexibility index (Phi) is 4.06. The second kappa shape index (κ2) is 6.38. The van der Waals surface area contributed by atoms with Crippen LogP contribution in [-0.4, -0.2) is 25.9 Å². The van der Waals surface area contributed by atoms with Crippen molar-refractivity contribution in [3.63, 3.8) is 0 Å². The van der Waals surface area contributed by atoms with Gasteiger partial charge in [-0.1, -0.05) is 12.1 Å². The van der Waals surface area contributed by atoms with Crippen molar-refractivity contribution in [3.8, 4) is 0 Å². The standard InChI is InChI=1S/C17H16N4O3S/c22-16-8-7-12(21(23)24)10-20(16)11-19-9-3-5-14(19)17-18-13-4-1-2-6-15(13)25-17/h1-2,4,6-8,10,14H,3,5,9,11H2/t14-/m0/s1. The van der Waals surface area contributed by atoms with Crippen LogP contribution in [0.2, 0.25) is 0 Å². The zero-order valence-electron chi connectivity index (χ0n) is 13.4. The molecule has 0 saturated carbocycles. The molecule has 0 radical (unpaired) electrons. The van der Waals surface area contributed by atoms with Crippen molar-refractivity contribution in [2.24, 2.45) is 0 Å². The molecule has 1 atom stereocenters. The molecule has 4 rings (SSSR count). The monoisotopic (exact) mass is 356 g/mol. The first kappa shape index (κ1) is 15.9. The van der Waals surface area contributed by atoms with Gasteiger partial charge in [0.25, 0.3) is 11.2 Å². The first-order chi connectivity index (χ1) is 12.1. The van der Waals surface area contributed by atoms with Crippen LogP contribution in [-0.2, 0) is 6.67 Å². The van der Waals surface area contributed by atoms with Gasteiger partial charge in [-0.2, -0.15) is 0 Å². The highest BCUT2D eigenvalue weighted by Crippen LogP contribution is 2.36. The Morgan fingerprint density at radius 2 is 2.12 bits per heavy atom. The summed E-state index contributed by atoms with van der Waals surface area (Å²) >= 11 is 1.67. The van der Waals surface area contributed by atoms with E-state index in [0.29, 0.717) is 6.67 Å². The normalized spacial score (nSPS) is 18.0. The van der Waals surface area contributed by atoms with Crippen molar-refractivity contribution in [2.75, 3.05) is 6.54 Å². The second-order valence-electron chi connectivity index (χ2n) is 6.08. The summed E-state index contributed by atoms with van der Waals surface area (Å²) in [6.07, 6.45) is 3.31. The Balaban J connectivity index is 1.63. The Bertz CT molecular complexity index is 964. The highest BCUT2D eigenvalue weighted by atomic mass is 32.1. The molecule has 3 heterocycles. The largest absolute Gasteiger partial charge is 0.295 e. The zero-order valence-corrected chi connectivity index (χ0v) is 14.2. The third-order valence-corrected chi connectivity index (χ3v) is 5.61. The maximum atomic E-state index is 12.1. The summed E-state index contributed by atoms with van der Waals surface area (Å²) in [5.41, 5.74) is 0.678. The number of aromatic nitrogens is 2. The van der Waals surface area contributed by atoms with Gasteiger partial charge < -0.3 is 0 Å². The van der Waals surface area contributed by atoms with Crippen molar-refractivity contribution in [1.29, 1.82) is 0 Å². The number of hydrogen-bond acceptors (Lipinski definition) is 6. The third kappa shape index (κ3) is 3.06. The van der Waals surface area contributed by atoms with Gasteiger partial charge in [0.05, 0.1) is 34.0 Å². The predicted molar refractivity (Wildman–Crippen MR) is 95.7 cm³/mol. The second-order valence-corrected chi connectivity index (χ2v) is 7.15. The number of fused-ring (bicyclic) bond motifs is 1. The van der Waals surface area contributed by atoms with Gasteiger partial charge >= 0.3 is 0 Å². The van der Waals surface area contributed by atoms with E-state index in [-0.39, 0.29) is 17.3 Å². The Morgan fingerprint density at radius 3 is 2.92 bits per heavy atom. The molecular weight excluding hydrogens is 340 g/mol. The minimum absolute atomic E-state index is 0.0738. The van der Waals surface area contributed by atoms with Crippen molar-refractivity contribution < 1.29 is 4.92 Å². The lowest BCUT2D eigenvalue weighted by molar-refractivity contribution is -0.385. The molecule has 1 fully saturated rings. The van der Waals surface area contributed by atoms with Crippen LogP contribution in [0, 0.1) is 10.1 Å². The van der Waals surface area contributed by atoms with E-state index in [0.717, 1.165) is 34.6 Å². The Morgan fingerprint density at radius 1 is 1.28 bits per heavy atom. The highest BCUT2D eigenvalue weighted by molar-refractivity contribution is 7.18. The summed E-state index contributed by atoms with van der Waals surface area (Å²) < 4.78 is 2.56. The average molecular weight is 356 g/mol. The SMILES string of the molecule is O=c1ccc([N+](=O)[O-])cn1CN1CCC[C@H]1c1nc2ccccc2s1.